The number of fused-ring (bicyclic) bond motifs is 1. The fourth-order valence-electron chi connectivity index (χ4n) is 3.12. The van der Waals surface area contributed by atoms with Gasteiger partial charge < -0.3 is 0 Å². The van der Waals surface area contributed by atoms with Crippen LogP contribution in [-0.2, 0) is 16.0 Å². The molecule has 0 aliphatic heterocycles. The van der Waals surface area contributed by atoms with Crippen LogP contribution in [-0.4, -0.2) is 11.6 Å². The molecule has 2 rings (SSSR count). The van der Waals surface area contributed by atoms with Gasteiger partial charge in [0.2, 0.25) is 0 Å². The molecule has 0 aliphatic rings. The van der Waals surface area contributed by atoms with E-state index in [0.717, 1.165) is 21.9 Å². The Hall–Kier alpha value is -2.22. The first-order chi connectivity index (χ1) is 12.1. The van der Waals surface area contributed by atoms with Gasteiger partial charge in [0.25, 0.3) is 0 Å². The van der Waals surface area contributed by atoms with Gasteiger partial charge in [0.05, 0.1) is 6.42 Å². The van der Waals surface area contributed by atoms with Crippen molar-refractivity contribution >= 4 is 22.3 Å². The van der Waals surface area contributed by atoms with Crippen molar-refractivity contribution in [2.45, 2.75) is 47.5 Å². The van der Waals surface area contributed by atoms with Crippen molar-refractivity contribution in [2.24, 2.45) is 17.3 Å². The summed E-state index contributed by atoms with van der Waals surface area (Å²) in [4.78, 5) is 24.9. The van der Waals surface area contributed by atoms with Gasteiger partial charge in [-0.3, -0.25) is 9.59 Å². The van der Waals surface area contributed by atoms with Crippen molar-refractivity contribution in [1.82, 2.24) is 0 Å². The van der Waals surface area contributed by atoms with Gasteiger partial charge in [-0.15, -0.1) is 0 Å². The third kappa shape index (κ3) is 4.91. The smallest absolute Gasteiger partial charge is 0.147 e. The molecule has 138 valence electrons. The van der Waals surface area contributed by atoms with Crippen LogP contribution < -0.4 is 0 Å². The normalized spacial score (nSPS) is 14.0. The van der Waals surface area contributed by atoms with E-state index in [1.165, 1.54) is 0 Å². The molecule has 0 saturated heterocycles. The topological polar surface area (TPSA) is 34.1 Å². The van der Waals surface area contributed by atoms with Crippen molar-refractivity contribution in [3.63, 3.8) is 0 Å². The summed E-state index contributed by atoms with van der Waals surface area (Å²) < 4.78 is 0. The van der Waals surface area contributed by atoms with Crippen molar-refractivity contribution in [3.05, 3.63) is 60.2 Å². The van der Waals surface area contributed by atoms with E-state index in [9.17, 15) is 9.59 Å². The second-order valence-electron chi connectivity index (χ2n) is 8.42. The van der Waals surface area contributed by atoms with E-state index in [1.807, 2.05) is 49.4 Å². The van der Waals surface area contributed by atoms with Crippen LogP contribution in [0.2, 0.25) is 0 Å². The van der Waals surface area contributed by atoms with Gasteiger partial charge in [-0.05, 0) is 27.7 Å². The molecule has 0 N–H and O–H groups in total. The van der Waals surface area contributed by atoms with Gasteiger partial charge in [-0.1, -0.05) is 89.2 Å². The fourth-order valence-corrected chi connectivity index (χ4v) is 3.12. The quantitative estimate of drug-likeness (QED) is 0.468. The van der Waals surface area contributed by atoms with Crippen LogP contribution in [0.3, 0.4) is 0 Å². The number of rotatable bonds is 7. The molecule has 0 aromatic heterocycles. The average molecular weight is 351 g/mol. The summed E-state index contributed by atoms with van der Waals surface area (Å²) in [6, 6.07) is 14.1. The highest BCUT2D eigenvalue weighted by Gasteiger charge is 2.28. The van der Waals surface area contributed by atoms with Crippen LogP contribution >= 0.6 is 0 Å². The lowest BCUT2D eigenvalue weighted by Crippen LogP contribution is -2.26. The number of hydrogen-bond donors (Lipinski definition) is 0. The van der Waals surface area contributed by atoms with E-state index in [0.29, 0.717) is 6.42 Å². The molecule has 0 amide bonds. The lowest BCUT2D eigenvalue weighted by Gasteiger charge is -2.31. The maximum absolute atomic E-state index is 12.5. The second-order valence-corrected chi connectivity index (χ2v) is 8.42. The van der Waals surface area contributed by atoms with E-state index in [1.54, 1.807) is 0 Å². The molecule has 2 aromatic rings. The number of Topliss-reactive ketones (excluding diaryl/α,β-unsaturated/α-hetero) is 2. The highest BCUT2D eigenvalue weighted by atomic mass is 16.1. The zero-order valence-electron chi connectivity index (χ0n) is 16.6. The molecular weight excluding hydrogens is 320 g/mol. The molecule has 2 heteroatoms. The first-order valence-corrected chi connectivity index (χ1v) is 9.30. The molecule has 2 atom stereocenters. The van der Waals surface area contributed by atoms with Crippen LogP contribution in [0.5, 0.6) is 0 Å². The van der Waals surface area contributed by atoms with Crippen LogP contribution in [0.25, 0.3) is 10.8 Å². The minimum Gasteiger partial charge on any atom is -0.299 e. The zero-order valence-corrected chi connectivity index (χ0v) is 16.6. The minimum atomic E-state index is -0.287. The number of allylic oxidation sites excluding steroid dienone is 1. The molecule has 0 aliphatic carbocycles. The largest absolute Gasteiger partial charge is 0.299 e. The van der Waals surface area contributed by atoms with Gasteiger partial charge in [0, 0.05) is 12.3 Å². The first kappa shape index (κ1) is 20.1. The van der Waals surface area contributed by atoms with Crippen LogP contribution in [0, 0.1) is 17.3 Å². The maximum atomic E-state index is 12.5. The lowest BCUT2D eigenvalue weighted by atomic mass is 9.73. The molecule has 2 nitrogen and oxygen atoms in total. The van der Waals surface area contributed by atoms with Crippen molar-refractivity contribution in [1.29, 1.82) is 0 Å². The number of carbonyl (C=O) groups is 2. The van der Waals surface area contributed by atoms with E-state index < -0.39 is 0 Å². The maximum Gasteiger partial charge on any atom is 0.147 e. The second kappa shape index (κ2) is 7.99. The molecular formula is C24H30O2. The van der Waals surface area contributed by atoms with Crippen molar-refractivity contribution < 1.29 is 9.59 Å². The third-order valence-electron chi connectivity index (χ3n) is 5.48. The number of carbonyl (C=O) groups excluding carboxylic acids is 2. The first-order valence-electron chi connectivity index (χ1n) is 9.30. The molecule has 0 heterocycles. The Balaban J connectivity index is 1.99. The van der Waals surface area contributed by atoms with Crippen molar-refractivity contribution in [2.75, 3.05) is 0 Å². The zero-order chi connectivity index (χ0) is 19.5. The lowest BCUT2D eigenvalue weighted by molar-refractivity contribution is -0.128. The highest BCUT2D eigenvalue weighted by Crippen LogP contribution is 2.34. The average Bonchev–Trinajstić information content (AvgIpc) is 2.58. The molecule has 2 unspecified atom stereocenters. The molecule has 0 bridgehead atoms. The van der Waals surface area contributed by atoms with Gasteiger partial charge in [0.1, 0.15) is 11.6 Å². The summed E-state index contributed by atoms with van der Waals surface area (Å²) >= 11 is 0. The Kier molecular flexibility index (Phi) is 6.17. The molecule has 0 fully saturated rings. The predicted molar refractivity (Wildman–Crippen MR) is 109 cm³/mol. The molecule has 2 aromatic carbocycles. The summed E-state index contributed by atoms with van der Waals surface area (Å²) in [6.45, 7) is 14.5. The van der Waals surface area contributed by atoms with E-state index in [4.69, 9.17) is 0 Å². The van der Waals surface area contributed by atoms with Crippen LogP contribution in [0.1, 0.15) is 46.6 Å². The fraction of sp³-hybridized carbons (Fsp3) is 0.417. The molecule has 0 radical (unpaired) electrons. The summed E-state index contributed by atoms with van der Waals surface area (Å²) in [5, 5.41) is 2.27. The molecule has 0 spiro atoms. The van der Waals surface area contributed by atoms with E-state index in [-0.39, 0.29) is 35.2 Å². The van der Waals surface area contributed by atoms with Gasteiger partial charge in [-0.25, -0.2) is 0 Å². The monoisotopic (exact) mass is 350 g/mol. The number of benzene rings is 2. The van der Waals surface area contributed by atoms with Gasteiger partial charge in [0.15, 0.2) is 0 Å². The Morgan fingerprint density at radius 2 is 1.62 bits per heavy atom. The predicted octanol–water partition coefficient (Wildman–Crippen LogP) is 5.79. The summed E-state index contributed by atoms with van der Waals surface area (Å²) in [7, 11) is 0. The van der Waals surface area contributed by atoms with Crippen LogP contribution in [0.4, 0.5) is 0 Å². The number of hydrogen-bond acceptors (Lipinski definition) is 2. The van der Waals surface area contributed by atoms with Gasteiger partial charge >= 0.3 is 0 Å². The Morgan fingerprint density at radius 3 is 2.23 bits per heavy atom. The Morgan fingerprint density at radius 1 is 1.00 bits per heavy atom. The standard InChI is InChI=1S/C24H30O2/c1-16(18(3)24(4,5)6)17(2)23(26)15-22(25)14-19-11-12-20-9-7-8-10-21(20)13-19/h7-13,17-18H,1,14-15H2,2-6H3. The summed E-state index contributed by atoms with van der Waals surface area (Å²) in [5.74, 6) is -0.132. The minimum absolute atomic E-state index is 0.0239. The third-order valence-corrected chi connectivity index (χ3v) is 5.48. The SMILES string of the molecule is C=C(C(C)C(=O)CC(=O)Cc1ccc2ccccc2c1)C(C)C(C)(C)C. The summed E-state index contributed by atoms with van der Waals surface area (Å²) in [6.07, 6.45) is 0.272. The highest BCUT2D eigenvalue weighted by molar-refractivity contribution is 6.02. The van der Waals surface area contributed by atoms with Crippen molar-refractivity contribution in [3.8, 4) is 0 Å². The molecule has 0 saturated carbocycles. The number of ketones is 2. The van der Waals surface area contributed by atoms with Gasteiger partial charge in [-0.2, -0.15) is 0 Å². The molecule has 26 heavy (non-hydrogen) atoms. The van der Waals surface area contributed by atoms with E-state index in [2.05, 4.69) is 34.3 Å². The summed E-state index contributed by atoms with van der Waals surface area (Å²) in [5.41, 5.74) is 1.93. The van der Waals surface area contributed by atoms with Crippen LogP contribution in [0.15, 0.2) is 54.6 Å². The van der Waals surface area contributed by atoms with E-state index >= 15 is 0 Å². The Labute approximate surface area is 157 Å². The Bertz CT molecular complexity index is 823.